The summed E-state index contributed by atoms with van der Waals surface area (Å²) >= 11 is 0. The molecule has 2 aliphatic heterocycles. The van der Waals surface area contributed by atoms with Gasteiger partial charge < -0.3 is 14.4 Å². The van der Waals surface area contributed by atoms with Crippen molar-refractivity contribution in [1.82, 2.24) is 15.1 Å². The smallest absolute Gasteiger partial charge is 0.251 e. The largest absolute Gasteiger partial charge is 0.376 e. The molecule has 2 fully saturated rings. The molecule has 1 amide bonds. The fraction of sp³-hybridized carbons (Fsp3) is 0.750. The lowest BCUT2D eigenvalue weighted by Crippen LogP contribution is -2.44. The highest BCUT2D eigenvalue weighted by molar-refractivity contribution is 5.80. The van der Waals surface area contributed by atoms with Gasteiger partial charge in [0.05, 0.1) is 12.7 Å². The van der Waals surface area contributed by atoms with E-state index in [4.69, 9.17) is 9.47 Å². The topological polar surface area (TPSA) is 67.5 Å². The highest BCUT2D eigenvalue weighted by Gasteiger charge is 2.29. The number of hydrogen-bond donors (Lipinski definition) is 1. The number of hydrogen-bond acceptors (Lipinski definition) is 4. The molecule has 0 saturated carbocycles. The number of piperidine rings is 1. The molecule has 6 nitrogen and oxygen atoms in total. The molecule has 0 bridgehead atoms. The molecular weight excluding hydrogens is 282 g/mol. The van der Waals surface area contributed by atoms with E-state index >= 15 is 0 Å². The SMILES string of the molecule is C[C@H](OC[C@@H]1CCCO1)C(=O)N1CCC[C@H](c2ccn[nH]2)C1. The van der Waals surface area contributed by atoms with Gasteiger partial charge in [0, 0.05) is 37.5 Å². The van der Waals surface area contributed by atoms with Crippen molar-refractivity contribution >= 4 is 5.91 Å². The third-order valence-corrected chi connectivity index (χ3v) is 4.60. The Balaban J connectivity index is 1.50. The second-order valence-corrected chi connectivity index (χ2v) is 6.25. The lowest BCUT2D eigenvalue weighted by molar-refractivity contribution is -0.145. The number of rotatable bonds is 5. The molecule has 1 aromatic rings. The highest BCUT2D eigenvalue weighted by atomic mass is 16.5. The van der Waals surface area contributed by atoms with Crippen LogP contribution >= 0.6 is 0 Å². The van der Waals surface area contributed by atoms with Crippen molar-refractivity contribution < 1.29 is 14.3 Å². The first kappa shape index (κ1) is 15.5. The standard InChI is InChI=1S/C16H25N3O3/c1-12(22-11-14-5-3-9-21-14)16(20)19-8-2-4-13(10-19)15-6-7-17-18-15/h6-7,12-14H,2-5,8-11H2,1H3,(H,17,18)/t12-,13-,14-/m0/s1. The van der Waals surface area contributed by atoms with Gasteiger partial charge in [-0.15, -0.1) is 0 Å². The van der Waals surface area contributed by atoms with Crippen LogP contribution in [-0.4, -0.2) is 59.5 Å². The molecule has 0 unspecified atom stereocenters. The van der Waals surface area contributed by atoms with Crippen LogP contribution in [0.25, 0.3) is 0 Å². The van der Waals surface area contributed by atoms with E-state index in [2.05, 4.69) is 10.2 Å². The van der Waals surface area contributed by atoms with E-state index < -0.39 is 6.10 Å². The van der Waals surface area contributed by atoms with Gasteiger partial charge in [0.2, 0.25) is 0 Å². The summed E-state index contributed by atoms with van der Waals surface area (Å²) in [6, 6.07) is 2.00. The average Bonchev–Trinajstić information content (AvgIpc) is 3.25. The molecule has 2 saturated heterocycles. The van der Waals surface area contributed by atoms with Crippen LogP contribution < -0.4 is 0 Å². The normalized spacial score (nSPS) is 27.0. The molecule has 6 heteroatoms. The molecule has 3 heterocycles. The van der Waals surface area contributed by atoms with Crippen molar-refractivity contribution in [2.24, 2.45) is 0 Å². The first-order valence-electron chi connectivity index (χ1n) is 8.25. The fourth-order valence-electron chi connectivity index (χ4n) is 3.28. The van der Waals surface area contributed by atoms with E-state index in [9.17, 15) is 4.79 Å². The molecular formula is C16H25N3O3. The van der Waals surface area contributed by atoms with Crippen molar-refractivity contribution in [2.45, 2.75) is 50.7 Å². The summed E-state index contributed by atoms with van der Waals surface area (Å²) in [5.74, 6) is 0.438. The van der Waals surface area contributed by atoms with Gasteiger partial charge in [-0.25, -0.2) is 0 Å². The number of likely N-dealkylation sites (tertiary alicyclic amines) is 1. The monoisotopic (exact) mass is 307 g/mol. The number of ether oxygens (including phenoxy) is 2. The van der Waals surface area contributed by atoms with Crippen LogP contribution in [-0.2, 0) is 14.3 Å². The van der Waals surface area contributed by atoms with E-state index in [0.717, 1.165) is 51.1 Å². The Morgan fingerprint density at radius 1 is 1.55 bits per heavy atom. The van der Waals surface area contributed by atoms with E-state index in [1.54, 1.807) is 6.20 Å². The number of aromatic nitrogens is 2. The minimum Gasteiger partial charge on any atom is -0.376 e. The quantitative estimate of drug-likeness (QED) is 0.899. The Labute approximate surface area is 131 Å². The number of amides is 1. The summed E-state index contributed by atoms with van der Waals surface area (Å²) < 4.78 is 11.3. The summed E-state index contributed by atoms with van der Waals surface area (Å²) in [5, 5.41) is 7.03. The predicted molar refractivity (Wildman–Crippen MR) is 81.5 cm³/mol. The number of carbonyl (C=O) groups is 1. The maximum absolute atomic E-state index is 12.6. The lowest BCUT2D eigenvalue weighted by Gasteiger charge is -2.34. The Kier molecular flexibility index (Phi) is 5.10. The zero-order valence-corrected chi connectivity index (χ0v) is 13.2. The van der Waals surface area contributed by atoms with Gasteiger partial charge >= 0.3 is 0 Å². The molecule has 2 aliphatic rings. The van der Waals surface area contributed by atoms with E-state index in [1.807, 2.05) is 17.9 Å². The summed E-state index contributed by atoms with van der Waals surface area (Å²) in [7, 11) is 0. The van der Waals surface area contributed by atoms with Crippen molar-refractivity contribution in [3.63, 3.8) is 0 Å². The van der Waals surface area contributed by atoms with Gasteiger partial charge in [-0.05, 0) is 38.7 Å². The van der Waals surface area contributed by atoms with Gasteiger partial charge in [0.25, 0.3) is 5.91 Å². The first-order chi connectivity index (χ1) is 10.7. The third-order valence-electron chi connectivity index (χ3n) is 4.60. The minimum atomic E-state index is -0.398. The number of nitrogens with zero attached hydrogens (tertiary/aromatic N) is 2. The van der Waals surface area contributed by atoms with E-state index in [-0.39, 0.29) is 12.0 Å². The Bertz CT molecular complexity index is 471. The van der Waals surface area contributed by atoms with Gasteiger partial charge in [-0.1, -0.05) is 0 Å². The molecule has 122 valence electrons. The van der Waals surface area contributed by atoms with Crippen molar-refractivity contribution in [3.8, 4) is 0 Å². The number of H-pyrrole nitrogens is 1. The maximum Gasteiger partial charge on any atom is 0.251 e. The van der Waals surface area contributed by atoms with E-state index in [0.29, 0.717) is 12.5 Å². The van der Waals surface area contributed by atoms with Crippen LogP contribution in [0.3, 0.4) is 0 Å². The van der Waals surface area contributed by atoms with Gasteiger partial charge in [-0.3, -0.25) is 9.89 Å². The molecule has 3 atom stereocenters. The van der Waals surface area contributed by atoms with E-state index in [1.165, 1.54) is 0 Å². The second-order valence-electron chi connectivity index (χ2n) is 6.25. The van der Waals surface area contributed by atoms with Crippen molar-refractivity contribution in [1.29, 1.82) is 0 Å². The number of aromatic amines is 1. The van der Waals surface area contributed by atoms with Gasteiger partial charge in [-0.2, -0.15) is 5.10 Å². The van der Waals surface area contributed by atoms with Gasteiger partial charge in [0.15, 0.2) is 0 Å². The number of carbonyl (C=O) groups excluding carboxylic acids is 1. The zero-order chi connectivity index (χ0) is 15.4. The summed E-state index contributed by atoms with van der Waals surface area (Å²) in [5.41, 5.74) is 1.12. The van der Waals surface area contributed by atoms with Crippen LogP contribution in [0, 0.1) is 0 Å². The zero-order valence-electron chi connectivity index (χ0n) is 13.2. The number of nitrogens with one attached hydrogen (secondary N) is 1. The van der Waals surface area contributed by atoms with Crippen LogP contribution in [0.2, 0.25) is 0 Å². The van der Waals surface area contributed by atoms with Gasteiger partial charge in [0.1, 0.15) is 6.10 Å². The second kappa shape index (κ2) is 7.24. The van der Waals surface area contributed by atoms with Crippen molar-refractivity contribution in [3.05, 3.63) is 18.0 Å². The fourth-order valence-corrected chi connectivity index (χ4v) is 3.28. The summed E-state index contributed by atoms with van der Waals surface area (Å²) in [6.45, 7) is 4.74. The molecule has 3 rings (SSSR count). The Morgan fingerprint density at radius 2 is 2.45 bits per heavy atom. The van der Waals surface area contributed by atoms with Crippen molar-refractivity contribution in [2.75, 3.05) is 26.3 Å². The molecule has 0 aliphatic carbocycles. The van der Waals surface area contributed by atoms with Crippen LogP contribution in [0.4, 0.5) is 0 Å². The minimum absolute atomic E-state index is 0.0854. The maximum atomic E-state index is 12.6. The summed E-state index contributed by atoms with van der Waals surface area (Å²) in [6.07, 6.45) is 5.77. The lowest BCUT2D eigenvalue weighted by atomic mass is 9.94. The average molecular weight is 307 g/mol. The van der Waals surface area contributed by atoms with Crippen LogP contribution in [0.5, 0.6) is 0 Å². The highest BCUT2D eigenvalue weighted by Crippen LogP contribution is 2.25. The van der Waals surface area contributed by atoms with Crippen LogP contribution in [0.1, 0.15) is 44.2 Å². The third kappa shape index (κ3) is 3.67. The Morgan fingerprint density at radius 3 is 3.18 bits per heavy atom. The molecule has 0 aromatic carbocycles. The molecule has 1 N–H and O–H groups in total. The molecule has 22 heavy (non-hydrogen) atoms. The predicted octanol–water partition coefficient (Wildman–Crippen LogP) is 1.70. The van der Waals surface area contributed by atoms with Crippen LogP contribution in [0.15, 0.2) is 12.3 Å². The Hall–Kier alpha value is -1.40. The molecule has 0 spiro atoms. The summed E-state index contributed by atoms with van der Waals surface area (Å²) in [4.78, 5) is 14.5. The molecule has 1 aromatic heterocycles. The molecule has 0 radical (unpaired) electrons. The first-order valence-corrected chi connectivity index (χ1v) is 8.25.